The van der Waals surface area contributed by atoms with Crippen LogP contribution >= 0.6 is 0 Å². The Hall–Kier alpha value is -1.20. The fourth-order valence-corrected chi connectivity index (χ4v) is 4.36. The second-order valence-corrected chi connectivity index (χ2v) is 7.37. The number of anilines is 1. The maximum atomic E-state index is 5.55. The molecule has 0 amide bonds. The van der Waals surface area contributed by atoms with Gasteiger partial charge in [0.15, 0.2) is 0 Å². The van der Waals surface area contributed by atoms with Gasteiger partial charge in [0, 0.05) is 63.6 Å². The Labute approximate surface area is 132 Å². The fourth-order valence-electron chi connectivity index (χ4n) is 4.36. The number of hydrogen-bond acceptors (Lipinski definition) is 5. The molecule has 3 heterocycles. The highest BCUT2D eigenvalue weighted by Crippen LogP contribution is 2.45. The van der Waals surface area contributed by atoms with Crippen molar-refractivity contribution in [2.24, 2.45) is 17.3 Å². The van der Waals surface area contributed by atoms with Crippen molar-refractivity contribution in [1.82, 2.24) is 14.9 Å². The van der Waals surface area contributed by atoms with Crippen LogP contribution in [0.15, 0.2) is 18.5 Å². The highest BCUT2D eigenvalue weighted by atomic mass is 16.5. The molecule has 0 aromatic carbocycles. The zero-order chi connectivity index (χ0) is 15.0. The van der Waals surface area contributed by atoms with Crippen molar-refractivity contribution in [3.63, 3.8) is 0 Å². The van der Waals surface area contributed by atoms with Crippen molar-refractivity contribution in [1.29, 1.82) is 0 Å². The minimum Gasteiger partial charge on any atom is -0.384 e. The van der Waals surface area contributed by atoms with Crippen LogP contribution in [0, 0.1) is 17.3 Å². The minimum atomic E-state index is 0.365. The molecule has 1 aromatic heterocycles. The number of aromatic nitrogens is 2. The van der Waals surface area contributed by atoms with E-state index < -0.39 is 0 Å². The second kappa shape index (κ2) is 5.78. The Balaban J connectivity index is 1.48. The molecule has 2 atom stereocenters. The molecule has 3 fully saturated rings. The van der Waals surface area contributed by atoms with Crippen LogP contribution in [0.25, 0.3) is 0 Å². The molecule has 2 aliphatic heterocycles. The Kier molecular flexibility index (Phi) is 3.78. The molecule has 1 spiro atoms. The molecule has 5 nitrogen and oxygen atoms in total. The maximum absolute atomic E-state index is 5.55. The van der Waals surface area contributed by atoms with E-state index in [-0.39, 0.29) is 0 Å². The first-order chi connectivity index (χ1) is 10.8. The topological polar surface area (TPSA) is 41.5 Å². The molecular weight excluding hydrogens is 276 g/mol. The van der Waals surface area contributed by atoms with Crippen LogP contribution in [-0.4, -0.2) is 61.3 Å². The van der Waals surface area contributed by atoms with E-state index in [0.29, 0.717) is 11.3 Å². The van der Waals surface area contributed by atoms with Crippen molar-refractivity contribution < 1.29 is 4.74 Å². The molecule has 1 aliphatic carbocycles. The van der Waals surface area contributed by atoms with E-state index in [0.717, 1.165) is 31.6 Å². The third-order valence-electron chi connectivity index (χ3n) is 5.68. The number of rotatable bonds is 5. The van der Waals surface area contributed by atoms with Gasteiger partial charge in [-0.25, -0.2) is 9.97 Å². The Morgan fingerprint density at radius 2 is 2.09 bits per heavy atom. The highest BCUT2D eigenvalue weighted by Gasteiger charge is 2.51. The van der Waals surface area contributed by atoms with E-state index in [2.05, 4.69) is 19.8 Å². The molecule has 0 radical (unpaired) electrons. The highest BCUT2D eigenvalue weighted by molar-refractivity contribution is 5.32. The molecular formula is C17H26N4O. The number of ether oxygens (including phenoxy) is 1. The normalized spacial score (nSPS) is 32.2. The first-order valence-corrected chi connectivity index (χ1v) is 8.52. The molecule has 4 rings (SSSR count). The Bertz CT molecular complexity index is 507. The third-order valence-corrected chi connectivity index (χ3v) is 5.68. The summed E-state index contributed by atoms with van der Waals surface area (Å²) in [5.74, 6) is 2.49. The number of likely N-dealkylation sites (tertiary alicyclic amines) is 1. The summed E-state index contributed by atoms with van der Waals surface area (Å²) in [5, 5.41) is 0. The lowest BCUT2D eigenvalue weighted by Gasteiger charge is -2.30. The average molecular weight is 302 g/mol. The van der Waals surface area contributed by atoms with E-state index in [1.165, 1.54) is 38.9 Å². The Morgan fingerprint density at radius 1 is 1.27 bits per heavy atom. The number of hydrogen-bond donors (Lipinski definition) is 0. The quantitative estimate of drug-likeness (QED) is 0.827. The summed E-state index contributed by atoms with van der Waals surface area (Å²) in [6.45, 7) is 6.75. The van der Waals surface area contributed by atoms with Gasteiger partial charge in [-0.05, 0) is 31.2 Å². The molecule has 2 saturated heterocycles. The summed E-state index contributed by atoms with van der Waals surface area (Å²) >= 11 is 0. The van der Waals surface area contributed by atoms with Crippen LogP contribution in [0.4, 0.5) is 5.95 Å². The summed E-state index contributed by atoms with van der Waals surface area (Å²) in [7, 11) is 1.84. The fraction of sp³-hybridized carbons (Fsp3) is 0.765. The monoisotopic (exact) mass is 302 g/mol. The van der Waals surface area contributed by atoms with E-state index in [4.69, 9.17) is 4.74 Å². The summed E-state index contributed by atoms with van der Waals surface area (Å²) in [5.41, 5.74) is 0.365. The third kappa shape index (κ3) is 2.72. The minimum absolute atomic E-state index is 0.365. The SMILES string of the molecule is COC[C@@H]1CN(CC2CC2)C[C@@]12CCN(c1ncccn1)C2. The van der Waals surface area contributed by atoms with E-state index in [9.17, 15) is 0 Å². The molecule has 120 valence electrons. The van der Waals surface area contributed by atoms with Gasteiger partial charge in [-0.2, -0.15) is 0 Å². The van der Waals surface area contributed by atoms with Crippen LogP contribution in [0.2, 0.25) is 0 Å². The molecule has 1 saturated carbocycles. The van der Waals surface area contributed by atoms with Crippen molar-refractivity contribution in [2.45, 2.75) is 19.3 Å². The molecule has 5 heteroatoms. The van der Waals surface area contributed by atoms with E-state index in [1.54, 1.807) is 0 Å². The lowest BCUT2D eigenvalue weighted by atomic mass is 9.78. The lowest BCUT2D eigenvalue weighted by Crippen LogP contribution is -2.36. The van der Waals surface area contributed by atoms with Crippen LogP contribution in [0.1, 0.15) is 19.3 Å². The summed E-state index contributed by atoms with van der Waals surface area (Å²) in [6.07, 6.45) is 7.79. The first-order valence-electron chi connectivity index (χ1n) is 8.52. The van der Waals surface area contributed by atoms with Crippen LogP contribution in [-0.2, 0) is 4.74 Å². The standard InChI is InChI=1S/C17H26N4O/c1-22-11-15-10-20(9-14-3-4-14)12-17(15)5-8-21(13-17)16-18-6-2-7-19-16/h2,6-7,14-15H,3-5,8-13H2,1H3/t15-,17+/m0/s1. The smallest absolute Gasteiger partial charge is 0.225 e. The number of nitrogens with zero attached hydrogens (tertiary/aromatic N) is 4. The molecule has 22 heavy (non-hydrogen) atoms. The number of methoxy groups -OCH3 is 1. The van der Waals surface area contributed by atoms with Crippen molar-refractivity contribution in [3.05, 3.63) is 18.5 Å². The van der Waals surface area contributed by atoms with Crippen molar-refractivity contribution in [3.8, 4) is 0 Å². The van der Waals surface area contributed by atoms with Gasteiger partial charge in [-0.1, -0.05) is 0 Å². The maximum Gasteiger partial charge on any atom is 0.225 e. The van der Waals surface area contributed by atoms with Gasteiger partial charge in [0.2, 0.25) is 5.95 Å². The molecule has 3 aliphatic rings. The Morgan fingerprint density at radius 3 is 2.82 bits per heavy atom. The predicted molar refractivity (Wildman–Crippen MR) is 85.8 cm³/mol. The van der Waals surface area contributed by atoms with Crippen molar-refractivity contribution >= 4 is 5.95 Å². The van der Waals surface area contributed by atoms with Gasteiger partial charge in [0.25, 0.3) is 0 Å². The zero-order valence-electron chi connectivity index (χ0n) is 13.4. The van der Waals surface area contributed by atoms with Gasteiger partial charge in [-0.3, -0.25) is 0 Å². The van der Waals surface area contributed by atoms with Crippen molar-refractivity contribution in [2.75, 3.05) is 51.3 Å². The van der Waals surface area contributed by atoms with Crippen LogP contribution in [0.3, 0.4) is 0 Å². The largest absolute Gasteiger partial charge is 0.384 e. The van der Waals surface area contributed by atoms with Gasteiger partial charge in [0.05, 0.1) is 6.61 Å². The second-order valence-electron chi connectivity index (χ2n) is 7.37. The van der Waals surface area contributed by atoms with E-state index >= 15 is 0 Å². The van der Waals surface area contributed by atoms with Gasteiger partial charge < -0.3 is 14.5 Å². The average Bonchev–Trinajstić information content (AvgIpc) is 3.15. The molecule has 0 N–H and O–H groups in total. The van der Waals surface area contributed by atoms with E-state index in [1.807, 2.05) is 25.6 Å². The van der Waals surface area contributed by atoms with Crippen LogP contribution in [0.5, 0.6) is 0 Å². The van der Waals surface area contributed by atoms with Gasteiger partial charge in [0.1, 0.15) is 0 Å². The summed E-state index contributed by atoms with van der Waals surface area (Å²) < 4.78 is 5.55. The first kappa shape index (κ1) is 14.4. The van der Waals surface area contributed by atoms with Gasteiger partial charge >= 0.3 is 0 Å². The predicted octanol–water partition coefficient (Wildman–Crippen LogP) is 1.66. The molecule has 0 unspecified atom stereocenters. The van der Waals surface area contributed by atoms with Crippen LogP contribution < -0.4 is 4.90 Å². The lowest BCUT2D eigenvalue weighted by molar-refractivity contribution is 0.104. The zero-order valence-corrected chi connectivity index (χ0v) is 13.4. The summed E-state index contributed by atoms with van der Waals surface area (Å²) in [6, 6.07) is 1.88. The van der Waals surface area contributed by atoms with Gasteiger partial charge in [-0.15, -0.1) is 0 Å². The molecule has 1 aromatic rings. The molecule has 0 bridgehead atoms. The summed E-state index contributed by atoms with van der Waals surface area (Å²) in [4.78, 5) is 13.9.